The SMILES string of the molecule is O=C(Nc1nc(COc2ccc(CCCCn3ccnn3)cc2)cs1)c1ccccc1F. The zero-order valence-electron chi connectivity index (χ0n) is 17.3. The van der Waals surface area contributed by atoms with Crippen LogP contribution >= 0.6 is 11.3 Å². The first-order valence-electron chi connectivity index (χ1n) is 10.2. The summed E-state index contributed by atoms with van der Waals surface area (Å²) in [6.45, 7) is 1.15. The summed E-state index contributed by atoms with van der Waals surface area (Å²) in [6, 6.07) is 13.8. The lowest BCUT2D eigenvalue weighted by atomic mass is 10.1. The Hall–Kier alpha value is -3.59. The smallest absolute Gasteiger partial charge is 0.260 e. The average Bonchev–Trinajstić information content (AvgIpc) is 3.48. The number of benzene rings is 2. The number of nitrogens with zero attached hydrogens (tertiary/aromatic N) is 4. The second-order valence-corrected chi connectivity index (χ2v) is 7.99. The van der Waals surface area contributed by atoms with Gasteiger partial charge in [-0.2, -0.15) is 0 Å². The highest BCUT2D eigenvalue weighted by Gasteiger charge is 2.13. The molecule has 0 aliphatic heterocycles. The first-order chi connectivity index (χ1) is 15.7. The molecule has 0 bridgehead atoms. The number of thiazole rings is 1. The van der Waals surface area contributed by atoms with E-state index in [9.17, 15) is 9.18 Å². The molecule has 1 N–H and O–H groups in total. The molecule has 164 valence electrons. The van der Waals surface area contributed by atoms with E-state index in [0.29, 0.717) is 10.8 Å². The number of hydrogen-bond donors (Lipinski definition) is 1. The standard InChI is InChI=1S/C23H22FN5O2S/c24-21-7-2-1-6-20(21)22(30)27-23-26-18(16-32-23)15-31-19-10-8-17(9-11-19)5-3-4-13-29-14-12-25-28-29/h1-2,6-12,14,16H,3-5,13,15H2,(H,26,27,30). The maximum atomic E-state index is 13.7. The lowest BCUT2D eigenvalue weighted by Crippen LogP contribution is -2.13. The van der Waals surface area contributed by atoms with Crippen LogP contribution in [0.1, 0.15) is 34.5 Å². The Morgan fingerprint density at radius 3 is 2.75 bits per heavy atom. The number of carbonyl (C=O) groups is 1. The first kappa shape index (κ1) is 21.6. The highest BCUT2D eigenvalue weighted by molar-refractivity contribution is 7.13. The molecule has 2 aromatic carbocycles. The molecule has 0 atom stereocenters. The molecule has 9 heteroatoms. The van der Waals surface area contributed by atoms with Gasteiger partial charge in [0, 0.05) is 18.1 Å². The Balaban J connectivity index is 1.21. The van der Waals surface area contributed by atoms with Crippen molar-refractivity contribution in [3.05, 3.63) is 88.9 Å². The van der Waals surface area contributed by atoms with E-state index in [0.717, 1.165) is 31.6 Å². The Morgan fingerprint density at radius 2 is 1.97 bits per heavy atom. The number of anilines is 1. The summed E-state index contributed by atoms with van der Waals surface area (Å²) in [7, 11) is 0. The number of ether oxygens (including phenoxy) is 1. The Labute approximate surface area is 188 Å². The lowest BCUT2D eigenvalue weighted by Gasteiger charge is -2.06. The van der Waals surface area contributed by atoms with E-state index in [-0.39, 0.29) is 12.2 Å². The molecule has 0 spiro atoms. The van der Waals surface area contributed by atoms with Gasteiger partial charge in [0.25, 0.3) is 5.91 Å². The third-order valence-electron chi connectivity index (χ3n) is 4.78. The molecular weight excluding hydrogens is 429 g/mol. The Bertz CT molecular complexity index is 1150. The topological polar surface area (TPSA) is 81.9 Å². The average molecular weight is 452 g/mol. The number of unbranched alkanes of at least 4 members (excludes halogenated alkanes) is 1. The molecule has 2 aromatic heterocycles. The van der Waals surface area contributed by atoms with Crippen LogP contribution in [0.25, 0.3) is 0 Å². The van der Waals surface area contributed by atoms with Crippen LogP contribution in [0.15, 0.2) is 66.3 Å². The normalized spacial score (nSPS) is 10.8. The molecule has 0 saturated carbocycles. The molecule has 32 heavy (non-hydrogen) atoms. The van der Waals surface area contributed by atoms with E-state index >= 15 is 0 Å². The fraction of sp³-hybridized carbons (Fsp3) is 0.217. The van der Waals surface area contributed by atoms with E-state index in [1.165, 1.54) is 29.0 Å². The number of halogens is 1. The first-order valence-corrected chi connectivity index (χ1v) is 11.1. The summed E-state index contributed by atoms with van der Waals surface area (Å²) in [6.07, 6.45) is 6.66. The van der Waals surface area contributed by atoms with E-state index in [4.69, 9.17) is 4.74 Å². The number of amides is 1. The highest BCUT2D eigenvalue weighted by atomic mass is 32.1. The molecule has 0 fully saturated rings. The minimum absolute atomic E-state index is 0.0148. The molecule has 2 heterocycles. The highest BCUT2D eigenvalue weighted by Crippen LogP contribution is 2.20. The van der Waals surface area contributed by atoms with Crippen molar-refractivity contribution in [3.63, 3.8) is 0 Å². The van der Waals surface area contributed by atoms with Gasteiger partial charge in [0.2, 0.25) is 0 Å². The quantitative estimate of drug-likeness (QED) is 0.353. The van der Waals surface area contributed by atoms with E-state index < -0.39 is 11.7 Å². The Kier molecular flexibility index (Phi) is 7.19. The van der Waals surface area contributed by atoms with Crippen LogP contribution < -0.4 is 10.1 Å². The number of aromatic nitrogens is 4. The van der Waals surface area contributed by atoms with Crippen LogP contribution in [0.5, 0.6) is 5.75 Å². The fourth-order valence-corrected chi connectivity index (χ4v) is 3.80. The van der Waals surface area contributed by atoms with Crippen LogP contribution in [0.4, 0.5) is 9.52 Å². The zero-order valence-corrected chi connectivity index (χ0v) is 18.1. The largest absolute Gasteiger partial charge is 0.487 e. The van der Waals surface area contributed by atoms with Crippen molar-refractivity contribution in [2.24, 2.45) is 0 Å². The number of nitrogens with one attached hydrogen (secondary N) is 1. The van der Waals surface area contributed by atoms with Crippen molar-refractivity contribution in [1.29, 1.82) is 0 Å². The van der Waals surface area contributed by atoms with Gasteiger partial charge in [-0.15, -0.1) is 16.4 Å². The molecule has 0 aliphatic carbocycles. The maximum absolute atomic E-state index is 13.7. The number of carbonyl (C=O) groups excluding carboxylic acids is 1. The molecule has 7 nitrogen and oxygen atoms in total. The van der Waals surface area contributed by atoms with Gasteiger partial charge in [-0.25, -0.2) is 9.37 Å². The van der Waals surface area contributed by atoms with Gasteiger partial charge in [0.1, 0.15) is 18.2 Å². The Morgan fingerprint density at radius 1 is 1.12 bits per heavy atom. The van der Waals surface area contributed by atoms with Gasteiger partial charge in [-0.05, 0) is 49.1 Å². The minimum atomic E-state index is -0.566. The molecule has 0 unspecified atom stereocenters. The van der Waals surface area contributed by atoms with Gasteiger partial charge in [-0.3, -0.25) is 14.8 Å². The van der Waals surface area contributed by atoms with Gasteiger partial charge in [0.15, 0.2) is 5.13 Å². The summed E-state index contributed by atoms with van der Waals surface area (Å²) in [5.41, 5.74) is 1.93. The summed E-state index contributed by atoms with van der Waals surface area (Å²) in [5.74, 6) is -0.341. The van der Waals surface area contributed by atoms with Crippen molar-refractivity contribution >= 4 is 22.4 Å². The van der Waals surface area contributed by atoms with Crippen molar-refractivity contribution in [1.82, 2.24) is 20.0 Å². The van der Waals surface area contributed by atoms with E-state index in [1.54, 1.807) is 23.7 Å². The zero-order chi connectivity index (χ0) is 22.2. The van der Waals surface area contributed by atoms with Crippen LogP contribution in [0, 0.1) is 5.82 Å². The predicted molar refractivity (Wildman–Crippen MR) is 120 cm³/mol. The monoisotopic (exact) mass is 451 g/mol. The van der Waals surface area contributed by atoms with Crippen molar-refractivity contribution < 1.29 is 13.9 Å². The third-order valence-corrected chi connectivity index (χ3v) is 5.58. The molecule has 4 aromatic rings. The summed E-state index contributed by atoms with van der Waals surface area (Å²) < 4.78 is 21.4. The predicted octanol–water partition coefficient (Wildman–Crippen LogP) is 4.73. The summed E-state index contributed by atoms with van der Waals surface area (Å²) >= 11 is 1.27. The second kappa shape index (κ2) is 10.6. The molecule has 0 radical (unpaired) electrons. The van der Waals surface area contributed by atoms with Crippen LogP contribution in [0.3, 0.4) is 0 Å². The van der Waals surface area contributed by atoms with Crippen molar-refractivity contribution in [2.45, 2.75) is 32.4 Å². The number of hydrogen-bond acceptors (Lipinski definition) is 6. The number of aryl methyl sites for hydroxylation is 2. The van der Waals surface area contributed by atoms with Crippen molar-refractivity contribution in [2.75, 3.05) is 5.32 Å². The molecule has 0 saturated heterocycles. The molecule has 4 rings (SSSR count). The van der Waals surface area contributed by atoms with Crippen LogP contribution in [0.2, 0.25) is 0 Å². The van der Waals surface area contributed by atoms with Crippen molar-refractivity contribution in [3.8, 4) is 5.75 Å². The molecular formula is C23H22FN5O2S. The summed E-state index contributed by atoms with van der Waals surface area (Å²) in [4.78, 5) is 16.5. The van der Waals surface area contributed by atoms with Gasteiger partial charge < -0.3 is 4.74 Å². The van der Waals surface area contributed by atoms with Gasteiger partial charge >= 0.3 is 0 Å². The maximum Gasteiger partial charge on any atom is 0.260 e. The molecule has 1 amide bonds. The van der Waals surface area contributed by atoms with Gasteiger partial charge in [-0.1, -0.05) is 29.5 Å². The lowest BCUT2D eigenvalue weighted by molar-refractivity contribution is 0.102. The second-order valence-electron chi connectivity index (χ2n) is 7.13. The molecule has 0 aliphatic rings. The van der Waals surface area contributed by atoms with E-state index in [2.05, 4.69) is 32.7 Å². The third kappa shape index (κ3) is 5.98. The summed E-state index contributed by atoms with van der Waals surface area (Å²) in [5, 5.41) is 12.6. The van der Waals surface area contributed by atoms with Crippen LogP contribution in [-0.4, -0.2) is 25.9 Å². The van der Waals surface area contributed by atoms with Gasteiger partial charge in [0.05, 0.1) is 17.5 Å². The van der Waals surface area contributed by atoms with Crippen LogP contribution in [-0.2, 0) is 19.6 Å². The minimum Gasteiger partial charge on any atom is -0.487 e. The fourth-order valence-electron chi connectivity index (χ4n) is 3.11. The van der Waals surface area contributed by atoms with E-state index in [1.807, 2.05) is 23.0 Å². The number of rotatable bonds is 10.